The molecule has 1 aliphatic carbocycles. The SMILES string of the molecule is Cc1ccsc1C1CCC(Cl)C1. The molecule has 0 radical (unpaired) electrons. The van der Waals surface area contributed by atoms with Gasteiger partial charge in [0.15, 0.2) is 0 Å². The number of aryl methyl sites for hydroxylation is 1. The molecule has 0 aliphatic heterocycles. The molecule has 2 heteroatoms. The molecule has 1 aromatic rings. The monoisotopic (exact) mass is 200 g/mol. The number of halogens is 1. The Labute approximate surface area is 82.6 Å². The van der Waals surface area contributed by atoms with Crippen LogP contribution in [0.2, 0.25) is 0 Å². The van der Waals surface area contributed by atoms with Crippen molar-refractivity contribution in [3.63, 3.8) is 0 Å². The molecule has 1 saturated carbocycles. The highest BCUT2D eigenvalue weighted by molar-refractivity contribution is 7.10. The van der Waals surface area contributed by atoms with Gasteiger partial charge >= 0.3 is 0 Å². The number of hydrogen-bond donors (Lipinski definition) is 0. The van der Waals surface area contributed by atoms with Gasteiger partial charge in [0.1, 0.15) is 0 Å². The second-order valence-corrected chi connectivity index (χ2v) is 5.14. The predicted molar refractivity (Wildman–Crippen MR) is 55.3 cm³/mol. The van der Waals surface area contributed by atoms with E-state index in [0.29, 0.717) is 5.38 Å². The zero-order valence-electron chi connectivity index (χ0n) is 7.22. The van der Waals surface area contributed by atoms with Crippen LogP contribution in [0.1, 0.15) is 35.6 Å². The van der Waals surface area contributed by atoms with E-state index < -0.39 is 0 Å². The van der Waals surface area contributed by atoms with Crippen molar-refractivity contribution in [2.45, 2.75) is 37.5 Å². The number of rotatable bonds is 1. The Balaban J connectivity index is 2.16. The van der Waals surface area contributed by atoms with Crippen LogP contribution in [-0.2, 0) is 0 Å². The van der Waals surface area contributed by atoms with Crippen LogP contribution >= 0.6 is 22.9 Å². The number of alkyl halides is 1. The van der Waals surface area contributed by atoms with E-state index >= 15 is 0 Å². The maximum absolute atomic E-state index is 6.08. The summed E-state index contributed by atoms with van der Waals surface area (Å²) in [5.41, 5.74) is 1.45. The normalized spacial score (nSPS) is 29.5. The highest BCUT2D eigenvalue weighted by atomic mass is 35.5. The molecule has 2 atom stereocenters. The van der Waals surface area contributed by atoms with Crippen LogP contribution in [0.4, 0.5) is 0 Å². The third-order valence-corrected chi connectivity index (χ3v) is 4.22. The molecule has 0 spiro atoms. The molecular formula is C10H13ClS. The lowest BCUT2D eigenvalue weighted by atomic mass is 10.0. The Morgan fingerprint density at radius 2 is 2.33 bits per heavy atom. The van der Waals surface area contributed by atoms with Crippen LogP contribution in [0.5, 0.6) is 0 Å². The first-order valence-electron chi connectivity index (χ1n) is 4.45. The fourth-order valence-corrected chi connectivity index (χ4v) is 3.39. The quantitative estimate of drug-likeness (QED) is 0.603. The summed E-state index contributed by atoms with van der Waals surface area (Å²) in [4.78, 5) is 1.57. The summed E-state index contributed by atoms with van der Waals surface area (Å²) < 4.78 is 0. The van der Waals surface area contributed by atoms with Crippen LogP contribution in [-0.4, -0.2) is 5.38 Å². The molecule has 2 rings (SSSR count). The zero-order chi connectivity index (χ0) is 8.55. The molecule has 2 unspecified atom stereocenters. The molecule has 1 aromatic heterocycles. The smallest absolute Gasteiger partial charge is 0.0342 e. The summed E-state index contributed by atoms with van der Waals surface area (Å²) in [7, 11) is 0. The van der Waals surface area contributed by atoms with E-state index in [1.807, 2.05) is 11.3 Å². The van der Waals surface area contributed by atoms with E-state index in [4.69, 9.17) is 11.6 Å². The first-order valence-corrected chi connectivity index (χ1v) is 5.77. The lowest BCUT2D eigenvalue weighted by Gasteiger charge is -2.07. The van der Waals surface area contributed by atoms with Crippen LogP contribution in [0, 0.1) is 6.92 Å². The number of thiophene rings is 1. The Morgan fingerprint density at radius 3 is 2.83 bits per heavy atom. The zero-order valence-corrected chi connectivity index (χ0v) is 8.79. The molecule has 0 bridgehead atoms. The largest absolute Gasteiger partial charge is 0.148 e. The average molecular weight is 201 g/mol. The third kappa shape index (κ3) is 1.53. The van der Waals surface area contributed by atoms with Crippen molar-refractivity contribution in [2.24, 2.45) is 0 Å². The van der Waals surface area contributed by atoms with E-state index in [1.54, 1.807) is 4.88 Å². The topological polar surface area (TPSA) is 0 Å². The van der Waals surface area contributed by atoms with Gasteiger partial charge in [-0.1, -0.05) is 0 Å². The third-order valence-electron chi connectivity index (χ3n) is 2.64. The molecule has 0 nitrogen and oxygen atoms in total. The van der Waals surface area contributed by atoms with Crippen molar-refractivity contribution in [3.8, 4) is 0 Å². The minimum atomic E-state index is 0.427. The molecule has 1 heterocycles. The van der Waals surface area contributed by atoms with Gasteiger partial charge in [-0.2, -0.15) is 0 Å². The van der Waals surface area contributed by atoms with Gasteiger partial charge in [-0.05, 0) is 49.1 Å². The van der Waals surface area contributed by atoms with E-state index in [-0.39, 0.29) is 0 Å². The summed E-state index contributed by atoms with van der Waals surface area (Å²) in [6.45, 7) is 2.20. The van der Waals surface area contributed by atoms with Crippen LogP contribution in [0.3, 0.4) is 0 Å². The summed E-state index contributed by atoms with van der Waals surface area (Å²) >= 11 is 7.97. The molecule has 0 saturated heterocycles. The summed E-state index contributed by atoms with van der Waals surface area (Å²) in [6, 6.07) is 2.21. The molecular weight excluding hydrogens is 188 g/mol. The van der Waals surface area contributed by atoms with Crippen molar-refractivity contribution in [2.75, 3.05) is 0 Å². The molecule has 0 amide bonds. The minimum absolute atomic E-state index is 0.427. The Morgan fingerprint density at radius 1 is 1.50 bits per heavy atom. The van der Waals surface area contributed by atoms with Gasteiger partial charge in [0, 0.05) is 10.3 Å². The lowest BCUT2D eigenvalue weighted by molar-refractivity contribution is 0.734. The van der Waals surface area contributed by atoms with Crippen molar-refractivity contribution >= 4 is 22.9 Å². The highest BCUT2D eigenvalue weighted by Crippen LogP contribution is 2.40. The molecule has 1 aliphatic rings. The van der Waals surface area contributed by atoms with Gasteiger partial charge in [0.2, 0.25) is 0 Å². The van der Waals surface area contributed by atoms with Crippen molar-refractivity contribution in [1.29, 1.82) is 0 Å². The van der Waals surface area contributed by atoms with Gasteiger partial charge in [0.25, 0.3) is 0 Å². The molecule has 0 aromatic carbocycles. The maximum Gasteiger partial charge on any atom is 0.0342 e. The standard InChI is InChI=1S/C10H13ClS/c1-7-4-5-12-10(7)8-2-3-9(11)6-8/h4-5,8-9H,2-3,6H2,1H3. The van der Waals surface area contributed by atoms with E-state index in [2.05, 4.69) is 18.4 Å². The van der Waals surface area contributed by atoms with Gasteiger partial charge < -0.3 is 0 Å². The second-order valence-electron chi connectivity index (χ2n) is 3.58. The fourth-order valence-electron chi connectivity index (χ4n) is 1.97. The molecule has 12 heavy (non-hydrogen) atoms. The fraction of sp³-hybridized carbons (Fsp3) is 0.600. The van der Waals surface area contributed by atoms with Gasteiger partial charge in [-0.25, -0.2) is 0 Å². The second kappa shape index (κ2) is 3.39. The summed E-state index contributed by atoms with van der Waals surface area (Å²) in [6.07, 6.45) is 3.67. The molecule has 66 valence electrons. The molecule has 0 N–H and O–H groups in total. The van der Waals surface area contributed by atoms with Crippen molar-refractivity contribution < 1.29 is 0 Å². The predicted octanol–water partition coefficient (Wildman–Crippen LogP) is 3.93. The Kier molecular flexibility index (Phi) is 2.42. The van der Waals surface area contributed by atoms with E-state index in [0.717, 1.165) is 5.92 Å². The van der Waals surface area contributed by atoms with Crippen LogP contribution in [0.25, 0.3) is 0 Å². The van der Waals surface area contributed by atoms with Crippen molar-refractivity contribution in [1.82, 2.24) is 0 Å². The van der Waals surface area contributed by atoms with Gasteiger partial charge in [-0.3, -0.25) is 0 Å². The summed E-state index contributed by atoms with van der Waals surface area (Å²) in [5, 5.41) is 2.61. The summed E-state index contributed by atoms with van der Waals surface area (Å²) in [5.74, 6) is 0.757. The first kappa shape index (κ1) is 8.58. The molecule has 1 fully saturated rings. The Bertz CT molecular complexity index is 267. The lowest BCUT2D eigenvalue weighted by Crippen LogP contribution is -1.93. The van der Waals surface area contributed by atoms with Crippen LogP contribution in [0.15, 0.2) is 11.4 Å². The maximum atomic E-state index is 6.08. The van der Waals surface area contributed by atoms with E-state index in [1.165, 1.54) is 24.8 Å². The van der Waals surface area contributed by atoms with Crippen LogP contribution < -0.4 is 0 Å². The minimum Gasteiger partial charge on any atom is -0.148 e. The van der Waals surface area contributed by atoms with E-state index in [9.17, 15) is 0 Å². The highest BCUT2D eigenvalue weighted by Gasteiger charge is 2.25. The van der Waals surface area contributed by atoms with Gasteiger partial charge in [-0.15, -0.1) is 22.9 Å². The van der Waals surface area contributed by atoms with Crippen molar-refractivity contribution in [3.05, 3.63) is 21.9 Å². The first-order chi connectivity index (χ1) is 5.77. The Hall–Kier alpha value is -0.0100. The average Bonchev–Trinajstić information content (AvgIpc) is 2.58. The van der Waals surface area contributed by atoms with Gasteiger partial charge in [0.05, 0.1) is 0 Å². The number of hydrogen-bond acceptors (Lipinski definition) is 1.